The van der Waals surface area contributed by atoms with Gasteiger partial charge in [-0.3, -0.25) is 9.78 Å². The Labute approximate surface area is 110 Å². The second kappa shape index (κ2) is 7.75. The first kappa shape index (κ1) is 14.6. The van der Waals surface area contributed by atoms with Gasteiger partial charge in [0.1, 0.15) is 6.29 Å². The SMILES string of the molecule is O=CC(CCC=CC(=O)O)NC(=O)c1cccnc1. The van der Waals surface area contributed by atoms with E-state index >= 15 is 0 Å². The van der Waals surface area contributed by atoms with E-state index in [1.807, 2.05) is 0 Å². The van der Waals surface area contributed by atoms with Gasteiger partial charge in [0.2, 0.25) is 0 Å². The number of rotatable bonds is 7. The van der Waals surface area contributed by atoms with Crippen LogP contribution in [0.4, 0.5) is 0 Å². The van der Waals surface area contributed by atoms with Crippen molar-refractivity contribution in [3.8, 4) is 0 Å². The summed E-state index contributed by atoms with van der Waals surface area (Å²) in [7, 11) is 0. The summed E-state index contributed by atoms with van der Waals surface area (Å²) in [5.74, 6) is -1.42. The Balaban J connectivity index is 2.46. The van der Waals surface area contributed by atoms with E-state index in [-0.39, 0.29) is 5.91 Å². The van der Waals surface area contributed by atoms with Crippen LogP contribution in [0.1, 0.15) is 23.2 Å². The number of carbonyl (C=O) groups excluding carboxylic acids is 2. The summed E-state index contributed by atoms with van der Waals surface area (Å²) >= 11 is 0. The van der Waals surface area contributed by atoms with Gasteiger partial charge >= 0.3 is 5.97 Å². The predicted octanol–water partition coefficient (Wildman–Crippen LogP) is 0.800. The van der Waals surface area contributed by atoms with Crippen LogP contribution in [0.3, 0.4) is 0 Å². The van der Waals surface area contributed by atoms with Gasteiger partial charge in [-0.05, 0) is 25.0 Å². The van der Waals surface area contributed by atoms with Crippen LogP contribution in [0.25, 0.3) is 0 Å². The Bertz CT molecular complexity index is 471. The Morgan fingerprint density at radius 1 is 1.47 bits per heavy atom. The van der Waals surface area contributed by atoms with Crippen molar-refractivity contribution < 1.29 is 19.5 Å². The zero-order valence-electron chi connectivity index (χ0n) is 10.2. The molecule has 6 nitrogen and oxygen atoms in total. The van der Waals surface area contributed by atoms with Crippen LogP contribution in [0.5, 0.6) is 0 Å². The second-order valence-corrected chi connectivity index (χ2v) is 3.78. The molecule has 1 heterocycles. The van der Waals surface area contributed by atoms with Crippen LogP contribution in [-0.4, -0.2) is 34.3 Å². The number of carbonyl (C=O) groups is 3. The summed E-state index contributed by atoms with van der Waals surface area (Å²) in [6, 6.07) is 2.57. The molecular weight excluding hydrogens is 248 g/mol. The molecular formula is C13H14N2O4. The van der Waals surface area contributed by atoms with Gasteiger partial charge in [0.15, 0.2) is 0 Å². The average molecular weight is 262 g/mol. The first-order valence-corrected chi connectivity index (χ1v) is 5.69. The molecule has 1 rings (SSSR count). The number of aliphatic carboxylic acids is 1. The fourth-order valence-electron chi connectivity index (χ4n) is 1.38. The molecule has 1 unspecified atom stereocenters. The largest absolute Gasteiger partial charge is 0.478 e. The molecule has 0 spiro atoms. The molecule has 1 aromatic heterocycles. The van der Waals surface area contributed by atoms with Gasteiger partial charge in [-0.1, -0.05) is 6.08 Å². The lowest BCUT2D eigenvalue weighted by Gasteiger charge is -2.11. The molecule has 1 amide bonds. The third-order valence-corrected chi connectivity index (χ3v) is 2.31. The first-order valence-electron chi connectivity index (χ1n) is 5.69. The van der Waals surface area contributed by atoms with Gasteiger partial charge in [-0.25, -0.2) is 4.79 Å². The topological polar surface area (TPSA) is 96.4 Å². The highest BCUT2D eigenvalue weighted by Gasteiger charge is 2.12. The maximum Gasteiger partial charge on any atom is 0.327 e. The summed E-state index contributed by atoms with van der Waals surface area (Å²) in [5.41, 5.74) is 0.371. The molecule has 0 fully saturated rings. The number of carboxylic acids is 1. The van der Waals surface area contributed by atoms with E-state index in [9.17, 15) is 14.4 Å². The van der Waals surface area contributed by atoms with Crippen LogP contribution in [-0.2, 0) is 9.59 Å². The lowest BCUT2D eigenvalue weighted by molar-refractivity contribution is -0.131. The van der Waals surface area contributed by atoms with Crippen LogP contribution < -0.4 is 5.32 Å². The molecule has 0 aliphatic rings. The van der Waals surface area contributed by atoms with Crippen LogP contribution in [0.2, 0.25) is 0 Å². The molecule has 2 N–H and O–H groups in total. The third kappa shape index (κ3) is 5.58. The van der Waals surface area contributed by atoms with E-state index in [4.69, 9.17) is 5.11 Å². The smallest absolute Gasteiger partial charge is 0.327 e. The average Bonchev–Trinajstić information content (AvgIpc) is 2.42. The second-order valence-electron chi connectivity index (χ2n) is 3.78. The highest BCUT2D eigenvalue weighted by Crippen LogP contribution is 2.00. The molecule has 100 valence electrons. The standard InChI is InChI=1S/C13H14N2O4/c16-9-11(5-1-2-6-12(17)18)15-13(19)10-4-3-7-14-8-10/h2-4,6-9,11H,1,5H2,(H,15,19)(H,17,18). The fraction of sp³-hybridized carbons (Fsp3) is 0.231. The lowest BCUT2D eigenvalue weighted by Crippen LogP contribution is -2.35. The predicted molar refractivity (Wildman–Crippen MR) is 67.6 cm³/mol. The van der Waals surface area contributed by atoms with Gasteiger partial charge in [0, 0.05) is 18.5 Å². The molecule has 0 saturated carbocycles. The van der Waals surface area contributed by atoms with Gasteiger partial charge < -0.3 is 15.2 Å². The Morgan fingerprint density at radius 2 is 2.26 bits per heavy atom. The number of nitrogens with one attached hydrogen (secondary N) is 1. The maximum atomic E-state index is 11.7. The Morgan fingerprint density at radius 3 is 2.84 bits per heavy atom. The van der Waals surface area contributed by atoms with Crippen molar-refractivity contribution in [3.63, 3.8) is 0 Å². The van der Waals surface area contributed by atoms with E-state index in [2.05, 4.69) is 10.3 Å². The van der Waals surface area contributed by atoms with Crippen molar-refractivity contribution in [2.24, 2.45) is 0 Å². The molecule has 0 aromatic carbocycles. The van der Waals surface area contributed by atoms with E-state index in [0.29, 0.717) is 24.7 Å². The maximum absolute atomic E-state index is 11.7. The molecule has 0 aliphatic heterocycles. The summed E-state index contributed by atoms with van der Waals surface area (Å²) < 4.78 is 0. The normalized spacial score (nSPS) is 12.0. The van der Waals surface area contributed by atoms with Crippen molar-refractivity contribution in [1.29, 1.82) is 0 Å². The zero-order chi connectivity index (χ0) is 14.1. The minimum Gasteiger partial charge on any atom is -0.478 e. The molecule has 0 aliphatic carbocycles. The number of hydrogen-bond donors (Lipinski definition) is 2. The number of hydrogen-bond acceptors (Lipinski definition) is 4. The molecule has 0 radical (unpaired) electrons. The zero-order valence-corrected chi connectivity index (χ0v) is 10.2. The summed E-state index contributed by atoms with van der Waals surface area (Å²) in [6.07, 6.45) is 6.76. The van der Waals surface area contributed by atoms with Crippen molar-refractivity contribution in [2.45, 2.75) is 18.9 Å². The molecule has 6 heteroatoms. The van der Waals surface area contributed by atoms with Crippen molar-refractivity contribution in [1.82, 2.24) is 10.3 Å². The molecule has 1 atom stereocenters. The summed E-state index contributed by atoms with van der Waals surface area (Å²) in [5, 5.41) is 10.9. The number of allylic oxidation sites excluding steroid dienone is 1. The Kier molecular flexibility index (Phi) is 5.94. The Hall–Kier alpha value is -2.50. The highest BCUT2D eigenvalue weighted by atomic mass is 16.4. The van der Waals surface area contributed by atoms with Crippen LogP contribution in [0.15, 0.2) is 36.7 Å². The molecule has 0 bridgehead atoms. The number of carboxylic acid groups (broad SMARTS) is 1. The van der Waals surface area contributed by atoms with E-state index < -0.39 is 12.0 Å². The monoisotopic (exact) mass is 262 g/mol. The van der Waals surface area contributed by atoms with Crippen LogP contribution >= 0.6 is 0 Å². The van der Waals surface area contributed by atoms with Crippen molar-refractivity contribution in [2.75, 3.05) is 0 Å². The first-order chi connectivity index (χ1) is 9.13. The molecule has 19 heavy (non-hydrogen) atoms. The third-order valence-electron chi connectivity index (χ3n) is 2.31. The minimum atomic E-state index is -1.04. The van der Waals surface area contributed by atoms with Crippen molar-refractivity contribution in [3.05, 3.63) is 42.2 Å². The lowest BCUT2D eigenvalue weighted by atomic mass is 10.1. The van der Waals surface area contributed by atoms with Gasteiger partial charge in [-0.15, -0.1) is 0 Å². The number of nitrogens with zero attached hydrogens (tertiary/aromatic N) is 1. The van der Waals surface area contributed by atoms with E-state index in [1.165, 1.54) is 12.3 Å². The number of aldehydes is 1. The number of amides is 1. The van der Waals surface area contributed by atoms with E-state index in [0.717, 1.165) is 6.08 Å². The van der Waals surface area contributed by atoms with Crippen LogP contribution in [0, 0.1) is 0 Å². The van der Waals surface area contributed by atoms with Gasteiger partial charge in [0.25, 0.3) is 5.91 Å². The van der Waals surface area contributed by atoms with Gasteiger partial charge in [0.05, 0.1) is 11.6 Å². The van der Waals surface area contributed by atoms with E-state index in [1.54, 1.807) is 18.3 Å². The number of pyridine rings is 1. The molecule has 0 saturated heterocycles. The fourth-order valence-corrected chi connectivity index (χ4v) is 1.38. The minimum absolute atomic E-state index is 0.347. The van der Waals surface area contributed by atoms with Gasteiger partial charge in [-0.2, -0.15) is 0 Å². The highest BCUT2D eigenvalue weighted by molar-refractivity contribution is 5.95. The molecule has 1 aromatic rings. The number of aromatic nitrogens is 1. The quantitative estimate of drug-likeness (QED) is 0.559. The summed E-state index contributed by atoms with van der Waals surface area (Å²) in [6.45, 7) is 0. The van der Waals surface area contributed by atoms with Crippen molar-refractivity contribution >= 4 is 18.2 Å². The summed E-state index contributed by atoms with van der Waals surface area (Å²) in [4.78, 5) is 36.6.